The van der Waals surface area contributed by atoms with Gasteiger partial charge in [-0.25, -0.2) is 13.9 Å². The number of anilines is 1. The number of methoxy groups -OCH3 is 1. The molecule has 0 radical (unpaired) electrons. The summed E-state index contributed by atoms with van der Waals surface area (Å²) in [5, 5.41) is 7.50. The molecule has 1 aromatic carbocycles. The Morgan fingerprint density at radius 3 is 2.71 bits per heavy atom. The fraction of sp³-hybridized carbons (Fsp3) is 0.429. The molecule has 10 heteroatoms. The van der Waals surface area contributed by atoms with Gasteiger partial charge in [-0.2, -0.15) is 13.2 Å². The molecule has 3 aromatic rings. The Balaban J connectivity index is 1.62. The molecule has 1 fully saturated rings. The van der Waals surface area contributed by atoms with Crippen molar-refractivity contribution in [1.82, 2.24) is 14.6 Å². The van der Waals surface area contributed by atoms with Gasteiger partial charge in [0.1, 0.15) is 11.5 Å². The normalized spacial score (nSPS) is 25.1. The van der Waals surface area contributed by atoms with Gasteiger partial charge < -0.3 is 15.8 Å². The average Bonchev–Trinajstić information content (AvgIpc) is 3.28. The van der Waals surface area contributed by atoms with Crippen LogP contribution in [0.1, 0.15) is 25.3 Å². The van der Waals surface area contributed by atoms with Gasteiger partial charge in [0.15, 0.2) is 5.65 Å². The van der Waals surface area contributed by atoms with E-state index in [9.17, 15) is 13.2 Å². The zero-order valence-electron chi connectivity index (χ0n) is 17.0. The number of ether oxygens (including phenoxy) is 1. The predicted octanol–water partition coefficient (Wildman–Crippen LogP) is 4.06. The van der Waals surface area contributed by atoms with E-state index in [1.54, 1.807) is 25.1 Å². The maximum absolute atomic E-state index is 15.5. The van der Waals surface area contributed by atoms with E-state index in [-0.39, 0.29) is 18.9 Å². The van der Waals surface area contributed by atoms with Crippen LogP contribution in [-0.4, -0.2) is 45.6 Å². The number of nitrogens with one attached hydrogen (secondary N) is 1. The Bertz CT molecular complexity index is 1090. The number of halogens is 4. The van der Waals surface area contributed by atoms with E-state index in [1.165, 1.54) is 23.9 Å². The van der Waals surface area contributed by atoms with Crippen molar-refractivity contribution < 1.29 is 22.3 Å². The van der Waals surface area contributed by atoms with Crippen LogP contribution in [-0.2, 0) is 10.9 Å². The zero-order chi connectivity index (χ0) is 22.4. The first kappa shape index (κ1) is 21.5. The van der Waals surface area contributed by atoms with E-state index in [0.29, 0.717) is 22.7 Å². The number of imidazole rings is 1. The van der Waals surface area contributed by atoms with E-state index in [0.717, 1.165) is 12.1 Å². The Hall–Kier alpha value is -2.72. The van der Waals surface area contributed by atoms with Crippen molar-refractivity contribution in [3.63, 3.8) is 0 Å². The van der Waals surface area contributed by atoms with Crippen LogP contribution in [0.5, 0.6) is 0 Å². The van der Waals surface area contributed by atoms with Crippen LogP contribution in [0.25, 0.3) is 16.9 Å². The molecule has 0 bridgehead atoms. The summed E-state index contributed by atoms with van der Waals surface area (Å²) in [6.45, 7) is 1.71. The minimum atomic E-state index is -4.45. The highest BCUT2D eigenvalue weighted by Crippen LogP contribution is 2.38. The van der Waals surface area contributed by atoms with Crippen molar-refractivity contribution in [3.05, 3.63) is 48.2 Å². The van der Waals surface area contributed by atoms with Crippen LogP contribution in [0.3, 0.4) is 0 Å². The maximum Gasteiger partial charge on any atom is 0.416 e. The van der Waals surface area contributed by atoms with Crippen molar-refractivity contribution in [2.75, 3.05) is 12.4 Å². The Labute approximate surface area is 176 Å². The summed E-state index contributed by atoms with van der Waals surface area (Å²) in [7, 11) is 1.51. The maximum atomic E-state index is 15.5. The molecule has 1 aliphatic rings. The number of hydrogen-bond donors (Lipinski definition) is 2. The molecule has 1 saturated carbocycles. The molecule has 6 nitrogen and oxygen atoms in total. The fourth-order valence-electron chi connectivity index (χ4n) is 4.06. The number of nitrogens with two attached hydrogens (primary N) is 1. The van der Waals surface area contributed by atoms with Gasteiger partial charge in [-0.3, -0.25) is 0 Å². The van der Waals surface area contributed by atoms with Gasteiger partial charge in [-0.15, -0.1) is 5.10 Å². The molecular weight excluding hydrogens is 414 g/mol. The number of nitrogens with zero attached hydrogens (tertiary/aromatic N) is 3. The number of benzene rings is 1. The molecule has 0 amide bonds. The molecule has 31 heavy (non-hydrogen) atoms. The minimum absolute atomic E-state index is 0.155. The molecule has 4 atom stereocenters. The summed E-state index contributed by atoms with van der Waals surface area (Å²) in [6, 6.07) is 7.28. The Kier molecular flexibility index (Phi) is 5.38. The lowest BCUT2D eigenvalue weighted by Crippen LogP contribution is -2.40. The number of rotatable bonds is 5. The highest BCUT2D eigenvalue weighted by molar-refractivity contribution is 5.64. The fourth-order valence-corrected chi connectivity index (χ4v) is 4.06. The molecule has 0 unspecified atom stereocenters. The Morgan fingerprint density at radius 2 is 2.03 bits per heavy atom. The van der Waals surface area contributed by atoms with Crippen molar-refractivity contribution in [2.24, 2.45) is 5.73 Å². The predicted molar refractivity (Wildman–Crippen MR) is 108 cm³/mol. The third-order valence-corrected chi connectivity index (χ3v) is 5.88. The average molecular weight is 437 g/mol. The highest BCUT2D eigenvalue weighted by Gasteiger charge is 2.48. The van der Waals surface area contributed by atoms with Gasteiger partial charge in [-0.1, -0.05) is 12.1 Å². The highest BCUT2D eigenvalue weighted by atomic mass is 19.4. The van der Waals surface area contributed by atoms with E-state index in [1.807, 2.05) is 0 Å². The molecule has 0 aliphatic heterocycles. The summed E-state index contributed by atoms with van der Waals surface area (Å²) in [5.74, 6) is 0.373. The largest absolute Gasteiger partial charge is 0.416 e. The van der Waals surface area contributed by atoms with Crippen molar-refractivity contribution >= 4 is 11.5 Å². The van der Waals surface area contributed by atoms with Crippen molar-refractivity contribution in [1.29, 1.82) is 0 Å². The standard InChI is InChI=1S/C21H23F4N5O/c1-12(20(22)9-15(26)17(10-20)31-2)28-18-6-7-19-27-11-16(30(19)29-18)13-4-3-5-14(8-13)21(23,24)25/h3-8,11-12,15,17H,9-10,26H2,1-2H3,(H,28,29)/t12-,15+,17-,20+/m0/s1. The Morgan fingerprint density at radius 1 is 1.26 bits per heavy atom. The second-order valence-electron chi connectivity index (χ2n) is 7.96. The number of aromatic nitrogens is 3. The number of fused-ring (bicyclic) bond motifs is 1. The van der Waals surface area contributed by atoms with E-state index in [2.05, 4.69) is 15.4 Å². The summed E-state index contributed by atoms with van der Waals surface area (Å²) in [5.41, 5.74) is 4.84. The molecule has 2 aromatic heterocycles. The van der Waals surface area contributed by atoms with Crippen molar-refractivity contribution in [3.8, 4) is 11.3 Å². The summed E-state index contributed by atoms with van der Waals surface area (Å²) < 4.78 is 61.4. The second kappa shape index (κ2) is 7.76. The van der Waals surface area contributed by atoms with Gasteiger partial charge in [0.2, 0.25) is 0 Å². The molecule has 2 heterocycles. The summed E-state index contributed by atoms with van der Waals surface area (Å²) in [6.07, 6.45) is -3.03. The molecule has 166 valence electrons. The molecule has 1 aliphatic carbocycles. The van der Waals surface area contributed by atoms with Gasteiger partial charge in [0, 0.05) is 31.6 Å². The molecule has 0 spiro atoms. The first-order valence-electron chi connectivity index (χ1n) is 9.87. The number of hydrogen-bond acceptors (Lipinski definition) is 5. The van der Waals surface area contributed by atoms with Crippen molar-refractivity contribution in [2.45, 2.75) is 49.8 Å². The quantitative estimate of drug-likeness (QED) is 0.589. The van der Waals surface area contributed by atoms with E-state index >= 15 is 4.39 Å². The molecular formula is C21H23F4N5O. The monoisotopic (exact) mass is 437 g/mol. The molecule has 4 rings (SSSR count). The molecule has 3 N–H and O–H groups in total. The van der Waals surface area contributed by atoms with Gasteiger partial charge >= 0.3 is 6.18 Å². The minimum Gasteiger partial charge on any atom is -0.380 e. The van der Waals surface area contributed by atoms with Gasteiger partial charge in [0.05, 0.1) is 29.6 Å². The lowest BCUT2D eigenvalue weighted by atomic mass is 9.95. The van der Waals surface area contributed by atoms with Crippen LogP contribution in [0.4, 0.5) is 23.4 Å². The summed E-state index contributed by atoms with van der Waals surface area (Å²) in [4.78, 5) is 4.21. The third-order valence-electron chi connectivity index (χ3n) is 5.88. The van der Waals surface area contributed by atoms with Crippen LogP contribution in [0.2, 0.25) is 0 Å². The van der Waals surface area contributed by atoms with E-state index < -0.39 is 29.5 Å². The van der Waals surface area contributed by atoms with Crippen LogP contribution < -0.4 is 11.1 Å². The lowest BCUT2D eigenvalue weighted by Gasteiger charge is -2.28. The first-order chi connectivity index (χ1) is 14.6. The SMILES string of the molecule is CO[C@H]1C[C@@](F)([C@H](C)Nc2ccc3ncc(-c4cccc(C(F)(F)F)c4)n3n2)C[C@H]1N. The smallest absolute Gasteiger partial charge is 0.380 e. The lowest BCUT2D eigenvalue weighted by molar-refractivity contribution is -0.137. The third kappa shape index (κ3) is 4.09. The van der Waals surface area contributed by atoms with Crippen LogP contribution >= 0.6 is 0 Å². The second-order valence-corrected chi connectivity index (χ2v) is 7.96. The van der Waals surface area contributed by atoms with Crippen LogP contribution in [0.15, 0.2) is 42.6 Å². The topological polar surface area (TPSA) is 77.5 Å². The van der Waals surface area contributed by atoms with Gasteiger partial charge in [-0.05, 0) is 31.2 Å². The van der Waals surface area contributed by atoms with Gasteiger partial charge in [0.25, 0.3) is 0 Å². The van der Waals surface area contributed by atoms with Crippen LogP contribution in [0, 0.1) is 0 Å². The molecule has 0 saturated heterocycles. The zero-order valence-corrected chi connectivity index (χ0v) is 17.0. The first-order valence-corrected chi connectivity index (χ1v) is 9.87. The number of alkyl halides is 4. The van der Waals surface area contributed by atoms with E-state index in [4.69, 9.17) is 10.5 Å². The summed E-state index contributed by atoms with van der Waals surface area (Å²) >= 11 is 0.